The molecule has 1 aromatic rings. The van der Waals surface area contributed by atoms with E-state index < -0.39 is 0 Å². The molecule has 0 saturated carbocycles. The van der Waals surface area contributed by atoms with Gasteiger partial charge in [-0.2, -0.15) is 0 Å². The fourth-order valence-corrected chi connectivity index (χ4v) is 1.70. The lowest BCUT2D eigenvalue weighted by atomic mass is 10.0. The van der Waals surface area contributed by atoms with Gasteiger partial charge in [-0.15, -0.1) is 0 Å². The third-order valence-corrected chi connectivity index (χ3v) is 2.59. The summed E-state index contributed by atoms with van der Waals surface area (Å²) in [4.78, 5) is 0. The normalized spacial score (nSPS) is 19.8. The molecule has 0 fully saturated rings. The van der Waals surface area contributed by atoms with Crippen molar-refractivity contribution in [2.75, 3.05) is 0 Å². The molecule has 0 saturated heterocycles. The molecule has 1 aliphatic carbocycles. The number of rotatable bonds is 2. The molecule has 1 unspecified atom stereocenters. The van der Waals surface area contributed by atoms with Gasteiger partial charge in [-0.3, -0.25) is 0 Å². The lowest BCUT2D eigenvalue weighted by Crippen LogP contribution is -1.87. The molecule has 0 radical (unpaired) electrons. The zero-order valence-electron chi connectivity index (χ0n) is 9.06. The van der Waals surface area contributed by atoms with Gasteiger partial charge in [-0.25, -0.2) is 0 Å². The second kappa shape index (κ2) is 4.79. The van der Waals surface area contributed by atoms with Crippen molar-refractivity contribution in [1.29, 1.82) is 0 Å². The van der Waals surface area contributed by atoms with Crippen molar-refractivity contribution in [1.82, 2.24) is 0 Å². The molecular weight excluding hydrogens is 180 g/mol. The molecule has 0 aliphatic heterocycles. The van der Waals surface area contributed by atoms with Crippen LogP contribution in [0.15, 0.2) is 66.3 Å². The predicted octanol–water partition coefficient (Wildman–Crippen LogP) is 3.92. The second-order valence-electron chi connectivity index (χ2n) is 4.01. The molecule has 0 amide bonds. The van der Waals surface area contributed by atoms with E-state index in [0.29, 0.717) is 5.92 Å². The van der Waals surface area contributed by atoms with Gasteiger partial charge in [0, 0.05) is 0 Å². The van der Waals surface area contributed by atoms with Crippen molar-refractivity contribution in [2.24, 2.45) is 5.92 Å². The summed E-state index contributed by atoms with van der Waals surface area (Å²) in [7, 11) is 0. The number of benzene rings is 1. The van der Waals surface area contributed by atoms with Gasteiger partial charge < -0.3 is 0 Å². The standard InChI is InChI=1S/C15H16/c1-13-6-5-9-15(11-10-13)12-14-7-3-2-4-8-14/h2-11,13H,12H2,1H3. The Morgan fingerprint density at radius 1 is 1.07 bits per heavy atom. The Bertz CT molecular complexity index is 393. The summed E-state index contributed by atoms with van der Waals surface area (Å²) in [6.07, 6.45) is 12.1. The summed E-state index contributed by atoms with van der Waals surface area (Å²) in [6, 6.07) is 10.6. The van der Waals surface area contributed by atoms with Crippen molar-refractivity contribution in [2.45, 2.75) is 13.3 Å². The van der Waals surface area contributed by atoms with Crippen molar-refractivity contribution in [3.63, 3.8) is 0 Å². The van der Waals surface area contributed by atoms with Gasteiger partial charge in [0.25, 0.3) is 0 Å². The van der Waals surface area contributed by atoms with Crippen LogP contribution in [0.3, 0.4) is 0 Å². The van der Waals surface area contributed by atoms with Gasteiger partial charge in [-0.05, 0) is 23.5 Å². The average molecular weight is 196 g/mol. The average Bonchev–Trinajstić information content (AvgIpc) is 2.46. The SMILES string of the molecule is CC1C=CC=C(Cc2ccccc2)C=C1. The molecular formula is C15H16. The Hall–Kier alpha value is -1.56. The summed E-state index contributed by atoms with van der Waals surface area (Å²) in [6.45, 7) is 2.20. The van der Waals surface area contributed by atoms with Gasteiger partial charge in [0.15, 0.2) is 0 Å². The molecule has 0 N–H and O–H groups in total. The van der Waals surface area contributed by atoms with Crippen LogP contribution < -0.4 is 0 Å². The van der Waals surface area contributed by atoms with Crippen LogP contribution in [-0.4, -0.2) is 0 Å². The molecule has 1 aliphatic rings. The molecule has 0 aromatic heterocycles. The second-order valence-corrected chi connectivity index (χ2v) is 4.01. The first kappa shape index (κ1) is 9.97. The zero-order chi connectivity index (χ0) is 10.5. The maximum Gasteiger partial charge on any atom is -0.00259 e. The lowest BCUT2D eigenvalue weighted by Gasteiger charge is -2.01. The van der Waals surface area contributed by atoms with Gasteiger partial charge in [-0.1, -0.05) is 67.6 Å². The lowest BCUT2D eigenvalue weighted by molar-refractivity contribution is 0.941. The van der Waals surface area contributed by atoms with Gasteiger partial charge in [0.05, 0.1) is 0 Å². The van der Waals surface area contributed by atoms with Crippen molar-refractivity contribution in [3.8, 4) is 0 Å². The fraction of sp³-hybridized carbons (Fsp3) is 0.200. The first-order valence-corrected chi connectivity index (χ1v) is 5.44. The smallest absolute Gasteiger partial charge is 0.00259 e. The highest BCUT2D eigenvalue weighted by Gasteiger charge is 1.98. The number of hydrogen-bond donors (Lipinski definition) is 0. The highest BCUT2D eigenvalue weighted by Crippen LogP contribution is 2.14. The minimum atomic E-state index is 0.550. The summed E-state index contributed by atoms with van der Waals surface area (Å²) >= 11 is 0. The highest BCUT2D eigenvalue weighted by molar-refractivity contribution is 5.33. The van der Waals surface area contributed by atoms with Crippen LogP contribution in [0.1, 0.15) is 12.5 Å². The summed E-state index contributed by atoms with van der Waals surface area (Å²) in [5.74, 6) is 0.550. The minimum absolute atomic E-state index is 0.550. The van der Waals surface area contributed by atoms with Crippen LogP contribution in [0.2, 0.25) is 0 Å². The number of hydrogen-bond acceptors (Lipinski definition) is 0. The minimum Gasteiger partial charge on any atom is -0.0779 e. The van der Waals surface area contributed by atoms with E-state index in [1.54, 1.807) is 0 Å². The quantitative estimate of drug-likeness (QED) is 0.672. The monoisotopic (exact) mass is 196 g/mol. The van der Waals surface area contributed by atoms with Crippen LogP contribution in [0.5, 0.6) is 0 Å². The molecule has 1 aromatic carbocycles. The molecule has 0 nitrogen and oxygen atoms in total. The van der Waals surface area contributed by atoms with E-state index in [9.17, 15) is 0 Å². The van der Waals surface area contributed by atoms with E-state index in [1.807, 2.05) is 0 Å². The van der Waals surface area contributed by atoms with E-state index in [0.717, 1.165) is 6.42 Å². The Morgan fingerprint density at radius 3 is 2.67 bits per heavy atom. The Labute approximate surface area is 91.6 Å². The van der Waals surface area contributed by atoms with Gasteiger partial charge >= 0.3 is 0 Å². The van der Waals surface area contributed by atoms with Crippen LogP contribution in [-0.2, 0) is 6.42 Å². The van der Waals surface area contributed by atoms with Gasteiger partial charge in [0.1, 0.15) is 0 Å². The third-order valence-electron chi connectivity index (χ3n) is 2.59. The van der Waals surface area contributed by atoms with Crippen LogP contribution in [0.4, 0.5) is 0 Å². The third kappa shape index (κ3) is 2.95. The van der Waals surface area contributed by atoms with Gasteiger partial charge in [0.2, 0.25) is 0 Å². The van der Waals surface area contributed by atoms with Crippen LogP contribution in [0, 0.1) is 5.92 Å². The van der Waals surface area contributed by atoms with E-state index >= 15 is 0 Å². The first-order valence-electron chi connectivity index (χ1n) is 5.44. The molecule has 0 spiro atoms. The highest BCUT2D eigenvalue weighted by atomic mass is 14.0. The summed E-state index contributed by atoms with van der Waals surface area (Å²) in [5.41, 5.74) is 2.75. The van der Waals surface area contributed by atoms with E-state index in [4.69, 9.17) is 0 Å². The van der Waals surface area contributed by atoms with E-state index in [-0.39, 0.29) is 0 Å². The molecule has 76 valence electrons. The topological polar surface area (TPSA) is 0 Å². The van der Waals surface area contributed by atoms with Crippen molar-refractivity contribution >= 4 is 0 Å². The largest absolute Gasteiger partial charge is 0.0779 e. The molecule has 1 atom stereocenters. The maximum atomic E-state index is 2.25. The molecule has 15 heavy (non-hydrogen) atoms. The number of allylic oxidation sites excluding steroid dienone is 6. The zero-order valence-corrected chi connectivity index (χ0v) is 9.06. The van der Waals surface area contributed by atoms with Crippen molar-refractivity contribution < 1.29 is 0 Å². The Balaban J connectivity index is 2.10. The first-order chi connectivity index (χ1) is 7.34. The van der Waals surface area contributed by atoms with E-state index in [2.05, 4.69) is 67.6 Å². The Morgan fingerprint density at radius 2 is 1.87 bits per heavy atom. The molecule has 2 rings (SSSR count). The summed E-state index contributed by atoms with van der Waals surface area (Å²) < 4.78 is 0. The van der Waals surface area contributed by atoms with E-state index in [1.165, 1.54) is 11.1 Å². The predicted molar refractivity (Wildman–Crippen MR) is 65.7 cm³/mol. The molecule has 0 heterocycles. The fourth-order valence-electron chi connectivity index (χ4n) is 1.70. The molecule has 0 bridgehead atoms. The van der Waals surface area contributed by atoms with Crippen molar-refractivity contribution in [3.05, 3.63) is 71.8 Å². The maximum absolute atomic E-state index is 2.25. The Kier molecular flexibility index (Phi) is 3.18. The molecule has 0 heteroatoms. The summed E-state index contributed by atoms with van der Waals surface area (Å²) in [5, 5.41) is 0. The van der Waals surface area contributed by atoms with Crippen LogP contribution in [0.25, 0.3) is 0 Å². The van der Waals surface area contributed by atoms with Crippen LogP contribution >= 0.6 is 0 Å².